The van der Waals surface area contributed by atoms with E-state index >= 15 is 0 Å². The van der Waals surface area contributed by atoms with Crippen molar-refractivity contribution in [2.24, 2.45) is 0 Å². The molecule has 1 unspecified atom stereocenters. The molecule has 0 aliphatic carbocycles. The largest absolute Gasteiger partial charge is 0.497 e. The molecule has 4 amide bonds. The molecule has 0 bridgehead atoms. The van der Waals surface area contributed by atoms with Gasteiger partial charge in [0.25, 0.3) is 11.8 Å². The Bertz CT molecular complexity index is 1230. The minimum atomic E-state index is -1.54. The van der Waals surface area contributed by atoms with Crippen molar-refractivity contribution < 1.29 is 23.5 Å². The van der Waals surface area contributed by atoms with Crippen LogP contribution in [0.1, 0.15) is 27.4 Å². The number of furan rings is 1. The molecule has 2 N–H and O–H groups in total. The Kier molecular flexibility index (Phi) is 3.82. The monoisotopic (exact) mass is 406 g/mol. The minimum Gasteiger partial charge on any atom is -0.497 e. The highest BCUT2D eigenvalue weighted by molar-refractivity contribution is 6.08. The van der Waals surface area contributed by atoms with E-state index in [1.165, 1.54) is 12.0 Å². The third-order valence-corrected chi connectivity index (χ3v) is 5.52. The number of imide groups is 1. The summed E-state index contributed by atoms with van der Waals surface area (Å²) >= 11 is 0. The fourth-order valence-corrected chi connectivity index (χ4v) is 3.98. The van der Waals surface area contributed by atoms with Gasteiger partial charge in [-0.15, -0.1) is 0 Å². The number of rotatable bonds is 4. The molecule has 152 valence electrons. The summed E-state index contributed by atoms with van der Waals surface area (Å²) in [6.07, 6.45) is 1.64. The molecule has 1 fully saturated rings. The van der Waals surface area contributed by atoms with Crippen LogP contribution in [0.3, 0.4) is 0 Å². The smallest absolute Gasteiger partial charge is 0.322 e. The third kappa shape index (κ3) is 2.62. The molecular weight excluding hydrogens is 388 g/mol. The summed E-state index contributed by atoms with van der Waals surface area (Å²) in [4.78, 5) is 43.7. The number of amides is 4. The number of nitrogens with one attached hydrogen (secondary N) is 2. The first-order chi connectivity index (χ1) is 14.4. The standard InChI is InChI=1S/C21H18N4O5/c1-11-5-16-13(8-22-11)6-17(30-16)21(19(27)23-20(28)24-21)10-25-9-12-3-4-14(29-2)7-15(12)18(25)26/h3-8H,9-10H2,1-2H3,(H2,23,24,27,28). The van der Waals surface area contributed by atoms with E-state index in [0.29, 0.717) is 28.8 Å². The molecule has 0 saturated carbocycles. The molecule has 5 rings (SSSR count). The number of carbonyl (C=O) groups is 3. The van der Waals surface area contributed by atoms with Gasteiger partial charge in [0.05, 0.1) is 13.7 Å². The minimum absolute atomic E-state index is 0.0768. The lowest BCUT2D eigenvalue weighted by Crippen LogP contribution is -2.52. The van der Waals surface area contributed by atoms with Crippen molar-refractivity contribution in [2.45, 2.75) is 19.0 Å². The Morgan fingerprint density at radius 3 is 2.80 bits per heavy atom. The first kappa shape index (κ1) is 18.2. The number of aromatic nitrogens is 1. The summed E-state index contributed by atoms with van der Waals surface area (Å²) in [5.41, 5.74) is 1.11. The molecule has 2 aromatic heterocycles. The summed E-state index contributed by atoms with van der Waals surface area (Å²) < 4.78 is 11.1. The zero-order chi connectivity index (χ0) is 21.0. The van der Waals surface area contributed by atoms with Gasteiger partial charge in [-0.3, -0.25) is 19.9 Å². The summed E-state index contributed by atoms with van der Waals surface area (Å²) in [5.74, 6) is 0.00346. The number of benzene rings is 1. The normalized spacial score (nSPS) is 20.5. The molecule has 0 spiro atoms. The zero-order valence-electron chi connectivity index (χ0n) is 16.3. The average Bonchev–Trinajstić information content (AvgIpc) is 3.36. The second kappa shape index (κ2) is 6.31. The Labute approximate surface area is 171 Å². The predicted molar refractivity (Wildman–Crippen MR) is 105 cm³/mol. The van der Waals surface area contributed by atoms with Crippen molar-refractivity contribution in [1.82, 2.24) is 20.5 Å². The highest BCUT2D eigenvalue weighted by Gasteiger charge is 2.53. The van der Waals surface area contributed by atoms with E-state index in [1.54, 1.807) is 30.5 Å². The molecule has 3 aromatic rings. The van der Waals surface area contributed by atoms with Crippen molar-refractivity contribution in [3.8, 4) is 5.75 Å². The summed E-state index contributed by atoms with van der Waals surface area (Å²) in [6.45, 7) is 2.06. The van der Waals surface area contributed by atoms with Crippen LogP contribution >= 0.6 is 0 Å². The number of urea groups is 1. The van der Waals surface area contributed by atoms with Crippen LogP contribution in [0.15, 0.2) is 40.9 Å². The fraction of sp³-hybridized carbons (Fsp3) is 0.238. The molecule has 1 atom stereocenters. The molecule has 30 heavy (non-hydrogen) atoms. The summed E-state index contributed by atoms with van der Waals surface area (Å²) in [6, 6.07) is 8.06. The Morgan fingerprint density at radius 1 is 1.23 bits per heavy atom. The maximum atomic E-state index is 13.0. The van der Waals surface area contributed by atoms with E-state index in [-0.39, 0.29) is 18.2 Å². The van der Waals surface area contributed by atoms with Gasteiger partial charge < -0.3 is 19.4 Å². The number of aryl methyl sites for hydroxylation is 1. The number of carbonyl (C=O) groups excluding carboxylic acids is 3. The second-order valence-corrected chi connectivity index (χ2v) is 7.47. The van der Waals surface area contributed by atoms with Crippen molar-refractivity contribution in [3.05, 3.63) is 59.1 Å². The van der Waals surface area contributed by atoms with E-state index in [1.807, 2.05) is 13.0 Å². The van der Waals surface area contributed by atoms with Gasteiger partial charge >= 0.3 is 6.03 Å². The van der Waals surface area contributed by atoms with E-state index in [0.717, 1.165) is 11.3 Å². The van der Waals surface area contributed by atoms with Crippen LogP contribution in [0.4, 0.5) is 4.79 Å². The predicted octanol–water partition coefficient (Wildman–Crippen LogP) is 1.84. The number of hydrogen-bond acceptors (Lipinski definition) is 6. The molecular formula is C21H18N4O5. The van der Waals surface area contributed by atoms with E-state index in [4.69, 9.17) is 9.15 Å². The van der Waals surface area contributed by atoms with Crippen LogP contribution in [0.2, 0.25) is 0 Å². The van der Waals surface area contributed by atoms with Crippen LogP contribution in [-0.4, -0.2) is 41.4 Å². The van der Waals surface area contributed by atoms with Gasteiger partial charge in [0.2, 0.25) is 0 Å². The van der Waals surface area contributed by atoms with Gasteiger partial charge in [-0.25, -0.2) is 4.79 Å². The second-order valence-electron chi connectivity index (χ2n) is 7.47. The number of nitrogens with zero attached hydrogens (tertiary/aromatic N) is 2. The molecule has 9 heteroatoms. The van der Waals surface area contributed by atoms with Gasteiger partial charge in [0.1, 0.15) is 17.1 Å². The molecule has 2 aliphatic heterocycles. The topological polar surface area (TPSA) is 114 Å². The lowest BCUT2D eigenvalue weighted by atomic mass is 9.95. The van der Waals surface area contributed by atoms with Crippen LogP contribution in [-0.2, 0) is 16.9 Å². The lowest BCUT2D eigenvalue weighted by molar-refractivity contribution is -0.125. The van der Waals surface area contributed by atoms with Crippen molar-refractivity contribution in [3.63, 3.8) is 0 Å². The van der Waals surface area contributed by atoms with Crippen molar-refractivity contribution >= 4 is 28.8 Å². The Hall–Kier alpha value is -3.88. The maximum Gasteiger partial charge on any atom is 0.322 e. The van der Waals surface area contributed by atoms with E-state index < -0.39 is 17.5 Å². The van der Waals surface area contributed by atoms with Crippen LogP contribution in [0.25, 0.3) is 11.0 Å². The van der Waals surface area contributed by atoms with Crippen LogP contribution in [0, 0.1) is 6.92 Å². The number of pyridine rings is 1. The van der Waals surface area contributed by atoms with Crippen molar-refractivity contribution in [1.29, 1.82) is 0 Å². The number of methoxy groups -OCH3 is 1. The van der Waals surface area contributed by atoms with Gasteiger partial charge in [-0.2, -0.15) is 0 Å². The quantitative estimate of drug-likeness (QED) is 0.639. The Balaban J connectivity index is 1.55. The van der Waals surface area contributed by atoms with Crippen LogP contribution < -0.4 is 15.4 Å². The van der Waals surface area contributed by atoms with E-state index in [2.05, 4.69) is 15.6 Å². The Morgan fingerprint density at radius 2 is 2.07 bits per heavy atom. The van der Waals surface area contributed by atoms with Gasteiger partial charge in [-0.05, 0) is 30.7 Å². The number of ether oxygens (including phenoxy) is 1. The molecule has 0 radical (unpaired) electrons. The molecule has 1 aromatic carbocycles. The first-order valence-electron chi connectivity index (χ1n) is 9.36. The average molecular weight is 406 g/mol. The molecule has 2 aliphatic rings. The molecule has 9 nitrogen and oxygen atoms in total. The summed E-state index contributed by atoms with van der Waals surface area (Å²) in [5, 5.41) is 5.64. The zero-order valence-corrected chi connectivity index (χ0v) is 16.3. The highest BCUT2D eigenvalue weighted by Crippen LogP contribution is 2.34. The molecule has 4 heterocycles. The third-order valence-electron chi connectivity index (χ3n) is 5.52. The maximum absolute atomic E-state index is 13.0. The first-order valence-corrected chi connectivity index (χ1v) is 9.36. The molecule has 1 saturated heterocycles. The lowest BCUT2D eigenvalue weighted by Gasteiger charge is -2.29. The van der Waals surface area contributed by atoms with Crippen LogP contribution in [0.5, 0.6) is 5.75 Å². The highest BCUT2D eigenvalue weighted by atomic mass is 16.5. The van der Waals surface area contributed by atoms with Crippen molar-refractivity contribution in [2.75, 3.05) is 13.7 Å². The van der Waals surface area contributed by atoms with Gasteiger partial charge in [0, 0.05) is 35.5 Å². The summed E-state index contributed by atoms with van der Waals surface area (Å²) in [7, 11) is 1.53. The fourth-order valence-electron chi connectivity index (χ4n) is 3.98. The van der Waals surface area contributed by atoms with E-state index in [9.17, 15) is 14.4 Å². The van der Waals surface area contributed by atoms with Gasteiger partial charge in [-0.1, -0.05) is 6.07 Å². The van der Waals surface area contributed by atoms with Gasteiger partial charge in [0.15, 0.2) is 5.54 Å². The number of hydrogen-bond donors (Lipinski definition) is 2. The number of fused-ring (bicyclic) bond motifs is 2. The SMILES string of the molecule is COc1ccc2c(c1)C(=O)N(CC1(c3cc4cnc(C)cc4o3)NC(=O)NC1=O)C2.